The highest BCUT2D eigenvalue weighted by Gasteiger charge is 2.13. The van der Waals surface area contributed by atoms with Gasteiger partial charge in [-0.1, -0.05) is 17.7 Å². The number of hydrogen-bond donors (Lipinski definition) is 1. The van der Waals surface area contributed by atoms with E-state index in [1.807, 2.05) is 40.4 Å². The Morgan fingerprint density at radius 1 is 1.09 bits per heavy atom. The third-order valence-electron chi connectivity index (χ3n) is 3.01. The molecule has 22 heavy (non-hydrogen) atoms. The predicted molar refractivity (Wildman–Crippen MR) is 96.6 cm³/mol. The molecule has 3 rings (SSSR count). The van der Waals surface area contributed by atoms with Gasteiger partial charge in [0.1, 0.15) is 0 Å². The smallest absolute Gasteiger partial charge is 0.256 e. The molecule has 0 aliphatic carbocycles. The van der Waals surface area contributed by atoms with Gasteiger partial charge in [-0.3, -0.25) is 4.79 Å². The molecule has 0 spiro atoms. The van der Waals surface area contributed by atoms with Crippen LogP contribution in [0.1, 0.15) is 10.4 Å². The number of hydrogen-bond acceptors (Lipinski definition) is 3. The number of carbonyl (C=O) groups is 1. The van der Waals surface area contributed by atoms with Gasteiger partial charge in [-0.25, -0.2) is 0 Å². The highest BCUT2D eigenvalue weighted by Crippen LogP contribution is 2.24. The lowest BCUT2D eigenvalue weighted by Gasteiger charge is -2.08. The van der Waals surface area contributed by atoms with Gasteiger partial charge in [0, 0.05) is 21.2 Å². The number of nitrogens with one attached hydrogen (secondary N) is 1. The zero-order valence-electron chi connectivity index (χ0n) is 11.5. The molecule has 0 aliphatic heterocycles. The number of benzene rings is 1. The summed E-state index contributed by atoms with van der Waals surface area (Å²) in [7, 11) is 0. The summed E-state index contributed by atoms with van der Waals surface area (Å²) in [6.07, 6.45) is 1.91. The first-order chi connectivity index (χ1) is 10.7. The Morgan fingerprint density at radius 2 is 1.91 bits per heavy atom. The number of anilines is 1. The summed E-state index contributed by atoms with van der Waals surface area (Å²) in [5, 5.41) is 9.49. The van der Waals surface area contributed by atoms with E-state index in [1.54, 1.807) is 46.9 Å². The van der Waals surface area contributed by atoms with Gasteiger partial charge in [0.2, 0.25) is 0 Å². The van der Waals surface area contributed by atoms with Gasteiger partial charge in [0.25, 0.3) is 5.91 Å². The summed E-state index contributed by atoms with van der Waals surface area (Å²) >= 11 is 9.04. The molecule has 2 aromatic heterocycles. The van der Waals surface area contributed by atoms with Crippen LogP contribution in [0.5, 0.6) is 0 Å². The first-order valence-corrected chi connectivity index (χ1v) is 8.77. The maximum absolute atomic E-state index is 12.6. The number of rotatable bonds is 4. The Labute approximate surface area is 141 Å². The van der Waals surface area contributed by atoms with Crippen LogP contribution in [0.4, 0.5) is 5.69 Å². The van der Waals surface area contributed by atoms with Crippen LogP contribution in [0.25, 0.3) is 11.6 Å². The molecule has 0 saturated heterocycles. The lowest BCUT2D eigenvalue weighted by atomic mass is 10.1. The molecule has 0 atom stereocenters. The van der Waals surface area contributed by atoms with E-state index in [0.29, 0.717) is 10.6 Å². The predicted octanol–water partition coefficient (Wildman–Crippen LogP) is 5.64. The minimum Gasteiger partial charge on any atom is -0.322 e. The maximum Gasteiger partial charge on any atom is 0.256 e. The summed E-state index contributed by atoms with van der Waals surface area (Å²) in [6, 6.07) is 13.0. The average Bonchev–Trinajstić information content (AvgIpc) is 3.20. The van der Waals surface area contributed by atoms with Crippen LogP contribution >= 0.6 is 34.3 Å². The molecule has 1 aromatic carbocycles. The maximum atomic E-state index is 12.6. The molecule has 0 aliphatic rings. The van der Waals surface area contributed by atoms with Gasteiger partial charge in [-0.2, -0.15) is 11.3 Å². The summed E-state index contributed by atoms with van der Waals surface area (Å²) in [5.41, 5.74) is 2.30. The van der Waals surface area contributed by atoms with Crippen LogP contribution in [-0.4, -0.2) is 5.91 Å². The minimum atomic E-state index is -0.130. The fraction of sp³-hybridized carbons (Fsp3) is 0. The van der Waals surface area contributed by atoms with E-state index < -0.39 is 0 Å². The second-order valence-corrected chi connectivity index (χ2v) is 6.74. The van der Waals surface area contributed by atoms with Crippen molar-refractivity contribution < 1.29 is 4.79 Å². The van der Waals surface area contributed by atoms with Crippen LogP contribution in [0.3, 0.4) is 0 Å². The molecule has 5 heteroatoms. The molecule has 110 valence electrons. The van der Waals surface area contributed by atoms with E-state index in [4.69, 9.17) is 11.6 Å². The molecule has 1 amide bonds. The van der Waals surface area contributed by atoms with Gasteiger partial charge < -0.3 is 5.32 Å². The second-order valence-electron chi connectivity index (χ2n) is 4.55. The van der Waals surface area contributed by atoms with Crippen LogP contribution in [0.15, 0.2) is 58.6 Å². The van der Waals surface area contributed by atoms with Crippen LogP contribution in [-0.2, 0) is 4.79 Å². The van der Waals surface area contributed by atoms with E-state index >= 15 is 0 Å². The van der Waals surface area contributed by atoms with Gasteiger partial charge in [0.15, 0.2) is 0 Å². The van der Waals surface area contributed by atoms with Crippen molar-refractivity contribution in [1.82, 2.24) is 0 Å². The summed E-state index contributed by atoms with van der Waals surface area (Å²) in [5.74, 6) is -0.130. The van der Waals surface area contributed by atoms with E-state index in [-0.39, 0.29) is 5.91 Å². The summed E-state index contributed by atoms with van der Waals surface area (Å²) < 4.78 is 0. The monoisotopic (exact) mass is 345 g/mol. The van der Waals surface area contributed by atoms with E-state index in [2.05, 4.69) is 5.32 Å². The fourth-order valence-electron chi connectivity index (χ4n) is 1.94. The lowest BCUT2D eigenvalue weighted by molar-refractivity contribution is -0.111. The fourth-order valence-corrected chi connectivity index (χ4v) is 3.38. The van der Waals surface area contributed by atoms with Gasteiger partial charge in [0.05, 0.1) is 0 Å². The van der Waals surface area contributed by atoms with Gasteiger partial charge in [-0.05, 0) is 64.2 Å². The normalized spacial score (nSPS) is 11.4. The highest BCUT2D eigenvalue weighted by atomic mass is 35.5. The first kappa shape index (κ1) is 15.0. The van der Waals surface area contributed by atoms with Crippen molar-refractivity contribution in [2.75, 3.05) is 5.32 Å². The van der Waals surface area contributed by atoms with Crippen molar-refractivity contribution in [1.29, 1.82) is 0 Å². The number of amides is 1. The molecular formula is C17H12ClNOS2. The summed E-state index contributed by atoms with van der Waals surface area (Å²) in [4.78, 5) is 13.7. The van der Waals surface area contributed by atoms with Crippen LogP contribution in [0.2, 0.25) is 5.02 Å². The Morgan fingerprint density at radius 3 is 2.55 bits per heavy atom. The van der Waals surface area contributed by atoms with Crippen molar-refractivity contribution in [3.63, 3.8) is 0 Å². The quantitative estimate of drug-likeness (QED) is 0.609. The Kier molecular flexibility index (Phi) is 4.73. The minimum absolute atomic E-state index is 0.130. The lowest BCUT2D eigenvalue weighted by Crippen LogP contribution is -2.13. The molecule has 1 N–H and O–H groups in total. The van der Waals surface area contributed by atoms with Crippen LogP contribution in [0, 0.1) is 0 Å². The van der Waals surface area contributed by atoms with Crippen molar-refractivity contribution in [2.45, 2.75) is 0 Å². The van der Waals surface area contributed by atoms with Crippen molar-refractivity contribution in [3.05, 3.63) is 74.1 Å². The molecule has 0 fully saturated rings. The van der Waals surface area contributed by atoms with E-state index in [9.17, 15) is 4.79 Å². The molecule has 2 nitrogen and oxygen atoms in total. The molecular weight excluding hydrogens is 334 g/mol. The van der Waals surface area contributed by atoms with Gasteiger partial charge in [-0.15, -0.1) is 11.3 Å². The molecule has 0 radical (unpaired) electrons. The SMILES string of the molecule is O=C(Nc1ccc(Cl)cc1)C(=Cc1cccs1)c1ccsc1. The average molecular weight is 346 g/mol. The van der Waals surface area contributed by atoms with E-state index in [0.717, 1.165) is 16.1 Å². The van der Waals surface area contributed by atoms with Crippen molar-refractivity contribution in [2.24, 2.45) is 0 Å². The molecule has 2 heterocycles. The van der Waals surface area contributed by atoms with Crippen molar-refractivity contribution >= 4 is 57.5 Å². The number of halogens is 1. The third kappa shape index (κ3) is 3.65. The molecule has 0 bridgehead atoms. The molecule has 0 saturated carbocycles. The number of thiophene rings is 2. The zero-order chi connectivity index (χ0) is 15.4. The first-order valence-electron chi connectivity index (χ1n) is 6.57. The summed E-state index contributed by atoms with van der Waals surface area (Å²) in [6.45, 7) is 0. The van der Waals surface area contributed by atoms with Gasteiger partial charge >= 0.3 is 0 Å². The second kappa shape index (κ2) is 6.92. The Balaban J connectivity index is 1.89. The molecule has 0 unspecified atom stereocenters. The number of carbonyl (C=O) groups excluding carboxylic acids is 1. The largest absolute Gasteiger partial charge is 0.322 e. The Bertz CT molecular complexity index is 775. The zero-order valence-corrected chi connectivity index (χ0v) is 13.8. The molecule has 3 aromatic rings. The van der Waals surface area contributed by atoms with Crippen LogP contribution < -0.4 is 5.32 Å². The standard InChI is InChI=1S/C17H12ClNOS2/c18-13-3-5-14(6-4-13)19-17(20)16(12-7-9-21-11-12)10-15-2-1-8-22-15/h1-11H,(H,19,20). The van der Waals surface area contributed by atoms with E-state index in [1.165, 1.54) is 0 Å². The highest BCUT2D eigenvalue weighted by molar-refractivity contribution is 7.11. The third-order valence-corrected chi connectivity index (χ3v) is 4.76. The van der Waals surface area contributed by atoms with Crippen molar-refractivity contribution in [3.8, 4) is 0 Å². The Hall–Kier alpha value is -1.88. The topological polar surface area (TPSA) is 29.1 Å².